The fourth-order valence-corrected chi connectivity index (χ4v) is 2.38. The Hall–Kier alpha value is -0.580. The molecular weight excluding hydrogens is 282 g/mol. The summed E-state index contributed by atoms with van der Waals surface area (Å²) in [6.45, 7) is 2.64. The average Bonchev–Trinajstić information content (AvgIpc) is 2.29. The number of ether oxygens (including phenoxy) is 2. The molecule has 0 heterocycles. The minimum Gasteiger partial charge on any atom is -0.496 e. The van der Waals surface area contributed by atoms with Gasteiger partial charge in [-0.15, -0.1) is 0 Å². The zero-order valence-electron chi connectivity index (χ0n) is 10.6. The van der Waals surface area contributed by atoms with Crippen molar-refractivity contribution in [2.75, 3.05) is 20.8 Å². The second kappa shape index (κ2) is 6.38. The molecule has 0 spiro atoms. The molecule has 96 valence electrons. The number of hydrogen-bond donors (Lipinski definition) is 1. The Kier molecular flexibility index (Phi) is 5.43. The zero-order valence-corrected chi connectivity index (χ0v) is 12.2. The number of rotatable bonds is 6. The summed E-state index contributed by atoms with van der Waals surface area (Å²) in [5.41, 5.74) is 7.17. The van der Waals surface area contributed by atoms with Gasteiger partial charge in [0.2, 0.25) is 0 Å². The Bertz CT molecular complexity index is 370. The number of nitrogens with two attached hydrogens (primary N) is 1. The van der Waals surface area contributed by atoms with Crippen LogP contribution in [0, 0.1) is 0 Å². The summed E-state index contributed by atoms with van der Waals surface area (Å²) in [6.07, 6.45) is 1.67. The Morgan fingerprint density at radius 3 is 2.53 bits per heavy atom. The van der Waals surface area contributed by atoms with Crippen molar-refractivity contribution in [3.8, 4) is 5.75 Å². The van der Waals surface area contributed by atoms with Crippen molar-refractivity contribution in [3.63, 3.8) is 0 Å². The second-order valence-electron chi connectivity index (χ2n) is 4.29. The maximum absolute atomic E-state index is 6.29. The van der Waals surface area contributed by atoms with Crippen molar-refractivity contribution in [1.29, 1.82) is 0 Å². The first-order valence-electron chi connectivity index (χ1n) is 5.65. The van der Waals surface area contributed by atoms with Crippen LogP contribution >= 0.6 is 15.9 Å². The largest absolute Gasteiger partial charge is 0.496 e. The molecule has 3 nitrogen and oxygen atoms in total. The highest BCUT2D eigenvalue weighted by atomic mass is 79.9. The third kappa shape index (κ3) is 3.98. The van der Waals surface area contributed by atoms with Crippen LogP contribution in [0.25, 0.3) is 0 Å². The number of halogens is 1. The van der Waals surface area contributed by atoms with Crippen LogP contribution in [0.3, 0.4) is 0 Å². The van der Waals surface area contributed by atoms with Gasteiger partial charge in [0, 0.05) is 12.6 Å². The van der Waals surface area contributed by atoms with E-state index in [1.165, 1.54) is 5.56 Å². The SMILES string of the molecule is CCC(N)(COC)Cc1ccc(OC)c(Br)c1. The summed E-state index contributed by atoms with van der Waals surface area (Å²) in [5.74, 6) is 0.833. The van der Waals surface area contributed by atoms with Gasteiger partial charge in [0.05, 0.1) is 18.2 Å². The summed E-state index contributed by atoms with van der Waals surface area (Å²) in [4.78, 5) is 0. The molecule has 0 radical (unpaired) electrons. The van der Waals surface area contributed by atoms with E-state index in [1.54, 1.807) is 14.2 Å². The van der Waals surface area contributed by atoms with E-state index in [2.05, 4.69) is 22.9 Å². The first kappa shape index (κ1) is 14.5. The third-order valence-electron chi connectivity index (χ3n) is 2.91. The summed E-state index contributed by atoms with van der Waals surface area (Å²) < 4.78 is 11.3. The van der Waals surface area contributed by atoms with Crippen molar-refractivity contribution in [2.45, 2.75) is 25.3 Å². The van der Waals surface area contributed by atoms with Gasteiger partial charge in [0.15, 0.2) is 0 Å². The molecule has 1 aromatic rings. The summed E-state index contributed by atoms with van der Waals surface area (Å²) in [6, 6.07) is 6.03. The second-order valence-corrected chi connectivity index (χ2v) is 5.15. The minimum absolute atomic E-state index is 0.303. The summed E-state index contributed by atoms with van der Waals surface area (Å²) in [5, 5.41) is 0. The molecule has 0 aliphatic carbocycles. The molecule has 1 rings (SSSR count). The topological polar surface area (TPSA) is 44.5 Å². The van der Waals surface area contributed by atoms with E-state index < -0.39 is 0 Å². The molecule has 0 aliphatic rings. The predicted octanol–water partition coefficient (Wildman–Crippen LogP) is 2.75. The molecule has 17 heavy (non-hydrogen) atoms. The molecule has 1 atom stereocenters. The average molecular weight is 302 g/mol. The van der Waals surface area contributed by atoms with E-state index in [0.717, 1.165) is 23.1 Å². The van der Waals surface area contributed by atoms with Crippen LogP contribution in [0.5, 0.6) is 5.75 Å². The third-order valence-corrected chi connectivity index (χ3v) is 3.53. The molecule has 1 aromatic carbocycles. The van der Waals surface area contributed by atoms with E-state index >= 15 is 0 Å². The monoisotopic (exact) mass is 301 g/mol. The van der Waals surface area contributed by atoms with Gasteiger partial charge in [-0.3, -0.25) is 0 Å². The highest BCUT2D eigenvalue weighted by Gasteiger charge is 2.23. The van der Waals surface area contributed by atoms with Crippen LogP contribution in [0.15, 0.2) is 22.7 Å². The number of hydrogen-bond acceptors (Lipinski definition) is 3. The predicted molar refractivity (Wildman–Crippen MR) is 73.5 cm³/mol. The maximum atomic E-state index is 6.29. The molecule has 4 heteroatoms. The fourth-order valence-electron chi connectivity index (χ4n) is 1.79. The van der Waals surface area contributed by atoms with Gasteiger partial charge in [0.25, 0.3) is 0 Å². The lowest BCUT2D eigenvalue weighted by atomic mass is 9.90. The van der Waals surface area contributed by atoms with E-state index in [-0.39, 0.29) is 5.54 Å². The van der Waals surface area contributed by atoms with Gasteiger partial charge in [0.1, 0.15) is 5.75 Å². The Morgan fingerprint density at radius 2 is 2.06 bits per heavy atom. The minimum atomic E-state index is -0.303. The molecule has 2 N–H and O–H groups in total. The lowest BCUT2D eigenvalue weighted by Gasteiger charge is -2.27. The quantitative estimate of drug-likeness (QED) is 0.879. The van der Waals surface area contributed by atoms with Gasteiger partial charge in [-0.05, 0) is 46.5 Å². The van der Waals surface area contributed by atoms with Gasteiger partial charge < -0.3 is 15.2 Å². The van der Waals surface area contributed by atoms with E-state index in [1.807, 2.05) is 18.2 Å². The molecule has 1 unspecified atom stereocenters. The number of benzene rings is 1. The van der Waals surface area contributed by atoms with Gasteiger partial charge in [-0.2, -0.15) is 0 Å². The summed E-state index contributed by atoms with van der Waals surface area (Å²) >= 11 is 3.48. The molecule has 0 aliphatic heterocycles. The van der Waals surface area contributed by atoms with Crippen LogP contribution in [-0.2, 0) is 11.2 Å². The molecule has 0 saturated heterocycles. The molecule has 0 fully saturated rings. The van der Waals surface area contributed by atoms with Crippen molar-refractivity contribution in [1.82, 2.24) is 0 Å². The Labute approximate surface area is 111 Å². The standard InChI is InChI=1S/C13H20BrNO2/c1-4-13(15,9-16-2)8-10-5-6-12(17-3)11(14)7-10/h5-7H,4,8-9,15H2,1-3H3. The van der Waals surface area contributed by atoms with Crippen LogP contribution in [0.1, 0.15) is 18.9 Å². The van der Waals surface area contributed by atoms with Crippen molar-refractivity contribution in [3.05, 3.63) is 28.2 Å². The number of methoxy groups -OCH3 is 2. The highest BCUT2D eigenvalue weighted by Crippen LogP contribution is 2.27. The molecule has 0 bridgehead atoms. The molecule has 0 saturated carbocycles. The first-order chi connectivity index (χ1) is 8.04. The van der Waals surface area contributed by atoms with E-state index in [0.29, 0.717) is 6.61 Å². The van der Waals surface area contributed by atoms with Crippen molar-refractivity contribution < 1.29 is 9.47 Å². The normalized spacial score (nSPS) is 14.4. The Morgan fingerprint density at radius 1 is 1.35 bits per heavy atom. The lowest BCUT2D eigenvalue weighted by Crippen LogP contribution is -2.45. The van der Waals surface area contributed by atoms with Gasteiger partial charge >= 0.3 is 0 Å². The van der Waals surface area contributed by atoms with Crippen LogP contribution < -0.4 is 10.5 Å². The van der Waals surface area contributed by atoms with Crippen molar-refractivity contribution >= 4 is 15.9 Å². The Balaban J connectivity index is 2.83. The van der Waals surface area contributed by atoms with E-state index in [4.69, 9.17) is 15.2 Å². The molecular formula is C13H20BrNO2. The first-order valence-corrected chi connectivity index (χ1v) is 6.44. The highest BCUT2D eigenvalue weighted by molar-refractivity contribution is 9.10. The van der Waals surface area contributed by atoms with Gasteiger partial charge in [-0.25, -0.2) is 0 Å². The van der Waals surface area contributed by atoms with E-state index in [9.17, 15) is 0 Å². The van der Waals surface area contributed by atoms with Crippen LogP contribution in [0.4, 0.5) is 0 Å². The van der Waals surface area contributed by atoms with Crippen LogP contribution in [-0.4, -0.2) is 26.4 Å². The molecule has 0 aromatic heterocycles. The lowest BCUT2D eigenvalue weighted by molar-refractivity contribution is 0.129. The molecule has 0 amide bonds. The van der Waals surface area contributed by atoms with Gasteiger partial charge in [-0.1, -0.05) is 13.0 Å². The van der Waals surface area contributed by atoms with Crippen LogP contribution in [0.2, 0.25) is 0 Å². The fraction of sp³-hybridized carbons (Fsp3) is 0.538. The zero-order chi connectivity index (χ0) is 12.9. The van der Waals surface area contributed by atoms with Crippen molar-refractivity contribution in [2.24, 2.45) is 5.73 Å². The maximum Gasteiger partial charge on any atom is 0.133 e. The smallest absolute Gasteiger partial charge is 0.133 e. The summed E-state index contributed by atoms with van der Waals surface area (Å²) in [7, 11) is 3.34.